The third-order valence-corrected chi connectivity index (χ3v) is 4.67. The Morgan fingerprint density at radius 1 is 0.938 bits per heavy atom. The van der Waals surface area contributed by atoms with Crippen LogP contribution in [0, 0.1) is 10.8 Å². The first-order chi connectivity index (χ1) is 6.97. The molecule has 0 aromatic heterocycles. The molecule has 0 saturated carbocycles. The molecule has 0 spiro atoms. The van der Waals surface area contributed by atoms with Gasteiger partial charge in [-0.3, -0.25) is 0 Å². The van der Waals surface area contributed by atoms with Crippen LogP contribution in [0.3, 0.4) is 0 Å². The van der Waals surface area contributed by atoms with Gasteiger partial charge in [0.2, 0.25) is 0 Å². The van der Waals surface area contributed by atoms with Gasteiger partial charge in [0.05, 0.1) is 0 Å². The van der Waals surface area contributed by atoms with Crippen molar-refractivity contribution in [1.29, 1.82) is 0 Å². The summed E-state index contributed by atoms with van der Waals surface area (Å²) in [5, 5.41) is 0. The number of hydrogen-bond donors (Lipinski definition) is 1. The van der Waals surface area contributed by atoms with E-state index in [2.05, 4.69) is 62.5 Å². The van der Waals surface area contributed by atoms with Crippen molar-refractivity contribution < 1.29 is 19.6 Å². The van der Waals surface area contributed by atoms with Gasteiger partial charge in [0.1, 0.15) is 0 Å². The van der Waals surface area contributed by atoms with Crippen molar-refractivity contribution in [1.82, 2.24) is 0 Å². The van der Waals surface area contributed by atoms with Crippen molar-refractivity contribution in [3.05, 3.63) is 0 Å². The molecular weight excluding hydrogens is 292 g/mol. The molecule has 16 heavy (non-hydrogen) atoms. The van der Waals surface area contributed by atoms with Crippen molar-refractivity contribution in [3.8, 4) is 0 Å². The number of rotatable bonds is 5. The second kappa shape index (κ2) is 6.10. The third-order valence-electron chi connectivity index (χ3n) is 1.47. The molecule has 0 unspecified atom stereocenters. The van der Waals surface area contributed by atoms with Crippen molar-refractivity contribution >= 4 is 21.3 Å². The topological polar surface area (TPSA) is 55.3 Å². The minimum absolute atomic E-state index is 0.0821. The van der Waals surface area contributed by atoms with Gasteiger partial charge in [0, 0.05) is 0 Å². The van der Waals surface area contributed by atoms with Gasteiger partial charge in [-0.15, -0.1) is 0 Å². The Hall–Kier alpha value is 0.789. The Labute approximate surface area is 107 Å². The molecule has 3 N–H and O–H groups in total. The van der Waals surface area contributed by atoms with Crippen LogP contribution in [0.25, 0.3) is 0 Å². The summed E-state index contributed by atoms with van der Waals surface area (Å²) < 4.78 is 16.5. The van der Waals surface area contributed by atoms with Gasteiger partial charge >= 0.3 is 106 Å². The molecule has 0 saturated heterocycles. The van der Waals surface area contributed by atoms with Crippen LogP contribution in [0.4, 0.5) is 0 Å². The Balaban J connectivity index is 4.28. The molecule has 0 bridgehead atoms. The van der Waals surface area contributed by atoms with Crippen LogP contribution in [0.1, 0.15) is 41.5 Å². The van der Waals surface area contributed by atoms with Gasteiger partial charge in [0.15, 0.2) is 0 Å². The molecule has 0 aliphatic carbocycles. The zero-order valence-electron chi connectivity index (χ0n) is 11.2. The quantitative estimate of drug-likeness (QED) is 0.480. The molecule has 0 fully saturated rings. The Morgan fingerprint density at radius 3 is 1.44 bits per heavy atom. The van der Waals surface area contributed by atoms with E-state index in [0.29, 0.717) is 13.2 Å². The monoisotopic (exact) mass is 318 g/mol. The predicted molar refractivity (Wildman–Crippen MR) is 67.5 cm³/mol. The predicted octanol–water partition coefficient (Wildman–Crippen LogP) is 2.13. The van der Waals surface area contributed by atoms with Crippen LogP contribution >= 0.6 is 6.19 Å². The molecule has 0 aromatic rings. The van der Waals surface area contributed by atoms with Crippen LogP contribution in [-0.2, 0) is 13.7 Å². The first kappa shape index (κ1) is 16.8. The van der Waals surface area contributed by atoms with E-state index in [9.17, 15) is 0 Å². The third kappa shape index (κ3) is 8.89. The molecule has 0 amide bonds. The normalized spacial score (nSPS) is 14.2. The van der Waals surface area contributed by atoms with Crippen molar-refractivity contribution in [2.75, 3.05) is 13.2 Å². The van der Waals surface area contributed by atoms with Gasteiger partial charge in [-0.2, -0.15) is 0 Å². The van der Waals surface area contributed by atoms with E-state index in [1.807, 2.05) is 0 Å². The van der Waals surface area contributed by atoms with E-state index in [1.54, 1.807) is 0 Å². The number of quaternary nitrogens is 1. The second-order valence-electron chi connectivity index (χ2n) is 6.24. The molecule has 0 rings (SSSR count). The summed E-state index contributed by atoms with van der Waals surface area (Å²) in [6, 6.07) is 0. The summed E-state index contributed by atoms with van der Waals surface area (Å²) in [6.45, 7) is 13.8. The van der Waals surface area contributed by atoms with E-state index in [0.717, 1.165) is 0 Å². The van der Waals surface area contributed by atoms with Crippen LogP contribution in [-0.4, -0.2) is 28.3 Å². The average molecular weight is 317 g/mol. The molecule has 4 nitrogen and oxygen atoms in total. The summed E-state index contributed by atoms with van der Waals surface area (Å²) in [7, 11) is 0. The number of hydrogen-bond acceptors (Lipinski definition) is 3. The molecule has 98 valence electrons. The fraction of sp³-hybridized carbons (Fsp3) is 1.00. The van der Waals surface area contributed by atoms with Gasteiger partial charge in [-0.25, -0.2) is 0 Å². The summed E-state index contributed by atoms with van der Waals surface area (Å²) in [4.78, 5) is 0. The summed E-state index contributed by atoms with van der Waals surface area (Å²) in [5.41, 5.74) is 0.164. The van der Waals surface area contributed by atoms with Gasteiger partial charge < -0.3 is 0 Å². The molecule has 0 aliphatic heterocycles. The maximum atomic E-state index is 5.69. The summed E-state index contributed by atoms with van der Waals surface area (Å²) in [5.74, 6) is 3.43. The van der Waals surface area contributed by atoms with Crippen molar-refractivity contribution in [2.45, 2.75) is 41.5 Å². The molecule has 0 radical (unpaired) electrons. The first-order valence-electron chi connectivity index (χ1n) is 5.30. The standard InChI is InChI=1S/C10H25NO3PSe/c1-9(2,3)7-12-15(16,14-11)13-8-10(4,5)6/h7-8H2,1-6,11H3/q+1. The first-order valence-corrected chi connectivity index (χ1v) is 9.06. The van der Waals surface area contributed by atoms with Gasteiger partial charge in [-0.1, -0.05) is 0 Å². The second-order valence-corrected chi connectivity index (χ2v) is 10.7. The summed E-state index contributed by atoms with van der Waals surface area (Å²) in [6.07, 6.45) is -2.38. The molecule has 0 heterocycles. The zero-order chi connectivity index (χ0) is 13.0. The summed E-state index contributed by atoms with van der Waals surface area (Å²) >= 11 is 2.87. The minimum atomic E-state index is -2.38. The molecule has 0 aliphatic rings. The Bertz CT molecular complexity index is 236. The van der Waals surface area contributed by atoms with Crippen LogP contribution in [0.2, 0.25) is 0 Å². The maximum absolute atomic E-state index is 5.69. The van der Waals surface area contributed by atoms with E-state index in [1.165, 1.54) is 0 Å². The van der Waals surface area contributed by atoms with E-state index in [-0.39, 0.29) is 10.8 Å². The van der Waals surface area contributed by atoms with E-state index in [4.69, 9.17) is 13.7 Å². The Kier molecular flexibility index (Phi) is 6.40. The van der Waals surface area contributed by atoms with E-state index >= 15 is 0 Å². The fourth-order valence-corrected chi connectivity index (χ4v) is 2.64. The van der Waals surface area contributed by atoms with Crippen LogP contribution in [0.15, 0.2) is 0 Å². The Morgan fingerprint density at radius 2 is 1.25 bits per heavy atom. The van der Waals surface area contributed by atoms with Crippen LogP contribution < -0.4 is 5.90 Å². The fourth-order valence-electron chi connectivity index (χ4n) is 0.657. The van der Waals surface area contributed by atoms with Crippen LogP contribution in [0.5, 0.6) is 0 Å². The molecule has 0 aromatic carbocycles. The van der Waals surface area contributed by atoms with Gasteiger partial charge in [0.25, 0.3) is 0 Å². The van der Waals surface area contributed by atoms with Crippen molar-refractivity contribution in [2.24, 2.45) is 10.8 Å². The molecule has 6 heteroatoms. The zero-order valence-corrected chi connectivity index (χ0v) is 13.8. The average Bonchev–Trinajstić information content (AvgIpc) is 2.09. The molecular formula is C10H25NO3PSe+. The molecule has 0 atom stereocenters. The van der Waals surface area contributed by atoms with Crippen molar-refractivity contribution in [3.63, 3.8) is 0 Å². The van der Waals surface area contributed by atoms with E-state index < -0.39 is 6.19 Å². The SMILES string of the molecule is CC(C)(C)COP(=[Se])(O[NH3+])OCC(C)(C)C. The van der Waals surface area contributed by atoms with Gasteiger partial charge in [-0.05, 0) is 0 Å².